The molecule has 2 heterocycles. The van der Waals surface area contributed by atoms with Crippen molar-refractivity contribution in [1.82, 2.24) is 15.5 Å². The number of hydrogen-bond donors (Lipinski definition) is 2. The maximum Gasteiger partial charge on any atom is 0.222 e. The molecule has 6 nitrogen and oxygen atoms in total. The zero-order valence-corrected chi connectivity index (χ0v) is 15.9. The lowest BCUT2D eigenvalue weighted by Crippen LogP contribution is -2.40. The normalized spacial score (nSPS) is 15.7. The lowest BCUT2D eigenvalue weighted by atomic mass is 10.2. The smallest absolute Gasteiger partial charge is 0.222 e. The number of carbonyl (C=O) groups excluding carboxylic acids is 1. The second-order valence-corrected chi connectivity index (χ2v) is 6.85. The molecule has 0 saturated carbocycles. The standard InChI is InChI=1S/C20H32N4O2/c1-17(2)16-23-20(22-12-10-18-8-6-15-26-18)21-11-7-14-24-13-5-3-4-9-19(24)25/h6,8,15H,1,3-5,7,9-14,16H2,2H3,(H2,21,22,23). The van der Waals surface area contributed by atoms with E-state index in [0.717, 1.165) is 75.6 Å². The molecule has 0 aromatic carbocycles. The van der Waals surface area contributed by atoms with E-state index in [1.165, 1.54) is 0 Å². The van der Waals surface area contributed by atoms with Crippen LogP contribution in [0.3, 0.4) is 0 Å². The molecule has 0 atom stereocenters. The molecule has 0 unspecified atom stereocenters. The van der Waals surface area contributed by atoms with Gasteiger partial charge in [0.1, 0.15) is 5.76 Å². The zero-order valence-electron chi connectivity index (χ0n) is 15.9. The van der Waals surface area contributed by atoms with Crippen molar-refractivity contribution in [3.05, 3.63) is 36.3 Å². The van der Waals surface area contributed by atoms with E-state index in [0.29, 0.717) is 18.9 Å². The number of rotatable bonds is 9. The van der Waals surface area contributed by atoms with E-state index in [4.69, 9.17) is 4.42 Å². The van der Waals surface area contributed by atoms with Gasteiger partial charge in [-0.1, -0.05) is 18.6 Å². The summed E-state index contributed by atoms with van der Waals surface area (Å²) in [6, 6.07) is 3.87. The number of aliphatic imine (C=N–C) groups is 1. The van der Waals surface area contributed by atoms with Crippen LogP contribution in [0.15, 0.2) is 40.0 Å². The summed E-state index contributed by atoms with van der Waals surface area (Å²) in [6.07, 6.45) is 7.43. The molecular weight excluding hydrogens is 328 g/mol. The SMILES string of the molecule is C=C(C)CN=C(NCCCN1CCCCCC1=O)NCCc1ccco1. The molecule has 0 bridgehead atoms. The fraction of sp³-hybridized carbons (Fsp3) is 0.600. The lowest BCUT2D eigenvalue weighted by molar-refractivity contribution is -0.130. The number of carbonyl (C=O) groups is 1. The summed E-state index contributed by atoms with van der Waals surface area (Å²) in [4.78, 5) is 18.6. The predicted octanol–water partition coefficient (Wildman–Crippen LogP) is 2.73. The quantitative estimate of drug-likeness (QED) is 0.307. The van der Waals surface area contributed by atoms with Crippen molar-refractivity contribution in [3.8, 4) is 0 Å². The highest BCUT2D eigenvalue weighted by molar-refractivity contribution is 5.80. The fourth-order valence-corrected chi connectivity index (χ4v) is 2.90. The third-order valence-electron chi connectivity index (χ3n) is 4.32. The summed E-state index contributed by atoms with van der Waals surface area (Å²) < 4.78 is 5.35. The average molecular weight is 361 g/mol. The highest BCUT2D eigenvalue weighted by Gasteiger charge is 2.15. The molecule has 6 heteroatoms. The third-order valence-corrected chi connectivity index (χ3v) is 4.32. The first-order chi connectivity index (χ1) is 12.6. The molecule has 1 saturated heterocycles. The van der Waals surface area contributed by atoms with E-state index in [-0.39, 0.29) is 0 Å². The maximum absolute atomic E-state index is 12.0. The van der Waals surface area contributed by atoms with Crippen molar-refractivity contribution in [2.75, 3.05) is 32.7 Å². The van der Waals surface area contributed by atoms with E-state index >= 15 is 0 Å². The van der Waals surface area contributed by atoms with Gasteiger partial charge in [0, 0.05) is 39.0 Å². The molecule has 1 amide bonds. The Morgan fingerprint density at radius 1 is 1.31 bits per heavy atom. The van der Waals surface area contributed by atoms with Crippen LogP contribution in [0, 0.1) is 0 Å². The Hall–Kier alpha value is -2.24. The number of likely N-dealkylation sites (tertiary alicyclic amines) is 1. The highest BCUT2D eigenvalue weighted by atomic mass is 16.3. The van der Waals surface area contributed by atoms with Gasteiger partial charge in [-0.25, -0.2) is 4.99 Å². The first-order valence-corrected chi connectivity index (χ1v) is 9.62. The molecule has 2 rings (SSSR count). The van der Waals surface area contributed by atoms with Gasteiger partial charge in [-0.15, -0.1) is 0 Å². The Morgan fingerprint density at radius 2 is 2.15 bits per heavy atom. The van der Waals surface area contributed by atoms with Gasteiger partial charge in [0.25, 0.3) is 0 Å². The molecule has 1 aliphatic rings. The minimum Gasteiger partial charge on any atom is -0.469 e. The van der Waals surface area contributed by atoms with Crippen molar-refractivity contribution in [3.63, 3.8) is 0 Å². The highest BCUT2D eigenvalue weighted by Crippen LogP contribution is 2.11. The van der Waals surface area contributed by atoms with Crippen LogP contribution in [0.4, 0.5) is 0 Å². The van der Waals surface area contributed by atoms with Crippen LogP contribution in [-0.2, 0) is 11.2 Å². The summed E-state index contributed by atoms with van der Waals surface area (Å²) in [5, 5.41) is 6.68. The summed E-state index contributed by atoms with van der Waals surface area (Å²) in [5.41, 5.74) is 1.02. The van der Waals surface area contributed by atoms with Crippen LogP contribution in [0.2, 0.25) is 0 Å². The second kappa shape index (κ2) is 11.4. The van der Waals surface area contributed by atoms with Gasteiger partial charge in [-0.3, -0.25) is 4.79 Å². The number of guanidine groups is 1. The summed E-state index contributed by atoms with van der Waals surface area (Å²) >= 11 is 0. The second-order valence-electron chi connectivity index (χ2n) is 6.85. The van der Waals surface area contributed by atoms with Crippen LogP contribution in [0.5, 0.6) is 0 Å². The Labute approximate surface area is 156 Å². The summed E-state index contributed by atoms with van der Waals surface area (Å²) in [7, 11) is 0. The molecule has 2 N–H and O–H groups in total. The Morgan fingerprint density at radius 3 is 2.92 bits per heavy atom. The van der Waals surface area contributed by atoms with Crippen molar-refractivity contribution in [2.24, 2.45) is 4.99 Å². The molecule has 26 heavy (non-hydrogen) atoms. The van der Waals surface area contributed by atoms with Gasteiger partial charge in [0.2, 0.25) is 5.91 Å². The number of nitrogens with one attached hydrogen (secondary N) is 2. The Balaban J connectivity index is 1.71. The Bertz CT molecular complexity index is 581. The summed E-state index contributed by atoms with van der Waals surface area (Å²) in [5.74, 6) is 2.04. The molecule has 1 aliphatic heterocycles. The number of amides is 1. The first kappa shape index (κ1) is 20.1. The molecule has 0 aliphatic carbocycles. The topological polar surface area (TPSA) is 69.9 Å². The van der Waals surface area contributed by atoms with Gasteiger partial charge in [-0.05, 0) is 38.3 Å². The maximum atomic E-state index is 12.0. The number of furan rings is 1. The largest absolute Gasteiger partial charge is 0.469 e. The van der Waals surface area contributed by atoms with E-state index in [1.54, 1.807) is 6.26 Å². The predicted molar refractivity (Wildman–Crippen MR) is 105 cm³/mol. The van der Waals surface area contributed by atoms with Gasteiger partial charge in [0.05, 0.1) is 12.8 Å². The molecule has 1 aromatic heterocycles. The van der Waals surface area contributed by atoms with Gasteiger partial charge < -0.3 is 20.0 Å². The van der Waals surface area contributed by atoms with Gasteiger partial charge >= 0.3 is 0 Å². The monoisotopic (exact) mass is 360 g/mol. The zero-order chi connectivity index (χ0) is 18.6. The fourth-order valence-electron chi connectivity index (χ4n) is 2.90. The summed E-state index contributed by atoms with van der Waals surface area (Å²) in [6.45, 7) is 9.71. The molecule has 144 valence electrons. The number of nitrogens with zero attached hydrogens (tertiary/aromatic N) is 2. The third kappa shape index (κ3) is 7.76. The van der Waals surface area contributed by atoms with Crippen LogP contribution in [0.25, 0.3) is 0 Å². The lowest BCUT2D eigenvalue weighted by Gasteiger charge is -2.21. The molecule has 0 spiro atoms. The van der Waals surface area contributed by atoms with Crippen LogP contribution in [-0.4, -0.2) is 49.5 Å². The molecule has 1 aromatic rings. The first-order valence-electron chi connectivity index (χ1n) is 9.62. The minimum absolute atomic E-state index is 0.301. The van der Waals surface area contributed by atoms with E-state index in [2.05, 4.69) is 22.2 Å². The van der Waals surface area contributed by atoms with Crippen LogP contribution < -0.4 is 10.6 Å². The Kier molecular flexibility index (Phi) is 8.79. The molecule has 0 radical (unpaired) electrons. The van der Waals surface area contributed by atoms with E-state index < -0.39 is 0 Å². The van der Waals surface area contributed by atoms with Crippen molar-refractivity contribution in [2.45, 2.75) is 45.4 Å². The van der Waals surface area contributed by atoms with E-state index in [1.807, 2.05) is 24.0 Å². The van der Waals surface area contributed by atoms with Crippen molar-refractivity contribution >= 4 is 11.9 Å². The molecular formula is C20H32N4O2. The van der Waals surface area contributed by atoms with Crippen molar-refractivity contribution in [1.29, 1.82) is 0 Å². The average Bonchev–Trinajstić information content (AvgIpc) is 3.05. The van der Waals surface area contributed by atoms with Gasteiger partial charge in [-0.2, -0.15) is 0 Å². The van der Waals surface area contributed by atoms with Crippen molar-refractivity contribution < 1.29 is 9.21 Å². The molecule has 1 fully saturated rings. The number of hydrogen-bond acceptors (Lipinski definition) is 3. The minimum atomic E-state index is 0.301. The van der Waals surface area contributed by atoms with Gasteiger partial charge in [0.15, 0.2) is 5.96 Å². The van der Waals surface area contributed by atoms with Crippen LogP contribution >= 0.6 is 0 Å². The van der Waals surface area contributed by atoms with E-state index in [9.17, 15) is 4.79 Å². The van der Waals surface area contributed by atoms with Crippen LogP contribution in [0.1, 0.15) is 44.8 Å².